The van der Waals surface area contributed by atoms with Crippen molar-refractivity contribution in [2.75, 3.05) is 5.48 Å². The van der Waals surface area contributed by atoms with Gasteiger partial charge in [0.1, 0.15) is 11.8 Å². The standard InChI is InChI=1S/C11H6Cl2F3N4O3P/c12-7-1-5(11(14,15)16)2-8(13)10(7)20-9(19-23-24(21)22)3-6(4-17)18-20/h1-3,19,24H,(H,21,22). The summed E-state index contributed by atoms with van der Waals surface area (Å²) in [5, 5.41) is 11.9. The molecule has 0 aliphatic heterocycles. The van der Waals surface area contributed by atoms with Crippen LogP contribution in [0.25, 0.3) is 5.69 Å². The van der Waals surface area contributed by atoms with Crippen molar-refractivity contribution in [3.8, 4) is 11.8 Å². The summed E-state index contributed by atoms with van der Waals surface area (Å²) in [6.45, 7) is 0. The number of benzene rings is 1. The van der Waals surface area contributed by atoms with Gasteiger partial charge in [0.05, 0.1) is 15.6 Å². The largest absolute Gasteiger partial charge is 0.416 e. The molecule has 0 amide bonds. The zero-order valence-electron chi connectivity index (χ0n) is 11.2. The Bertz CT molecular complexity index is 827. The van der Waals surface area contributed by atoms with Crippen LogP contribution in [0.5, 0.6) is 0 Å². The van der Waals surface area contributed by atoms with Gasteiger partial charge in [-0.15, -0.1) is 0 Å². The molecule has 1 heterocycles. The molecule has 128 valence electrons. The molecule has 0 saturated heterocycles. The first-order valence-electron chi connectivity index (χ1n) is 5.86. The highest BCUT2D eigenvalue weighted by Gasteiger charge is 2.32. The molecule has 1 atom stereocenters. The molecule has 1 unspecified atom stereocenters. The Labute approximate surface area is 143 Å². The van der Waals surface area contributed by atoms with E-state index in [0.29, 0.717) is 12.1 Å². The zero-order chi connectivity index (χ0) is 18.1. The molecule has 2 N–H and O–H groups in total. The van der Waals surface area contributed by atoms with Crippen LogP contribution in [-0.4, -0.2) is 14.7 Å². The van der Waals surface area contributed by atoms with Crippen molar-refractivity contribution < 1.29 is 27.3 Å². The molecule has 0 bridgehead atoms. The van der Waals surface area contributed by atoms with Crippen LogP contribution in [0, 0.1) is 11.3 Å². The number of hydrogen-bond donors (Lipinski definition) is 2. The first-order valence-corrected chi connectivity index (χ1v) is 7.88. The van der Waals surface area contributed by atoms with E-state index in [2.05, 4.69) is 15.2 Å². The molecular weight excluding hydrogens is 395 g/mol. The summed E-state index contributed by atoms with van der Waals surface area (Å²) in [5.41, 5.74) is 0.657. The average Bonchev–Trinajstić information content (AvgIpc) is 2.86. The van der Waals surface area contributed by atoms with Gasteiger partial charge in [-0.1, -0.05) is 23.2 Å². The number of anilines is 1. The fraction of sp³-hybridized carbons (Fsp3) is 0.0909. The van der Waals surface area contributed by atoms with Crippen molar-refractivity contribution in [2.45, 2.75) is 6.18 Å². The average molecular weight is 401 g/mol. The van der Waals surface area contributed by atoms with E-state index in [1.54, 1.807) is 6.07 Å². The van der Waals surface area contributed by atoms with Crippen LogP contribution in [0.2, 0.25) is 10.0 Å². The van der Waals surface area contributed by atoms with Gasteiger partial charge in [-0.3, -0.25) is 4.57 Å². The van der Waals surface area contributed by atoms with Gasteiger partial charge in [0.25, 0.3) is 0 Å². The number of halogens is 5. The normalized spacial score (nSPS) is 12.7. The fourth-order valence-corrected chi connectivity index (χ4v) is 2.55. The number of nitrogens with one attached hydrogen (secondary N) is 1. The summed E-state index contributed by atoms with van der Waals surface area (Å²) in [4.78, 5) is 8.66. The number of rotatable bonds is 4. The second-order valence-corrected chi connectivity index (χ2v) is 5.75. The molecule has 7 nitrogen and oxygen atoms in total. The summed E-state index contributed by atoms with van der Waals surface area (Å²) in [6.07, 6.45) is -4.66. The third kappa shape index (κ3) is 4.01. The van der Waals surface area contributed by atoms with Gasteiger partial charge in [-0.2, -0.15) is 28.2 Å². The molecule has 1 aromatic heterocycles. The van der Waals surface area contributed by atoms with Gasteiger partial charge in [0.15, 0.2) is 11.5 Å². The van der Waals surface area contributed by atoms with Gasteiger partial charge in [-0.05, 0) is 12.1 Å². The first-order chi connectivity index (χ1) is 11.1. The third-order valence-corrected chi connectivity index (χ3v) is 3.48. The SMILES string of the molecule is N#Cc1cc(NO[PH](=O)O)n(-c2c(Cl)cc(C(F)(F)F)cc2Cl)n1. The van der Waals surface area contributed by atoms with Crippen molar-refractivity contribution in [3.05, 3.63) is 39.5 Å². The highest BCUT2D eigenvalue weighted by Crippen LogP contribution is 2.38. The summed E-state index contributed by atoms with van der Waals surface area (Å²) < 4.78 is 54.1. The van der Waals surface area contributed by atoms with E-state index in [1.807, 2.05) is 0 Å². The van der Waals surface area contributed by atoms with Gasteiger partial charge in [0.2, 0.25) is 0 Å². The number of alkyl halides is 3. The van der Waals surface area contributed by atoms with E-state index >= 15 is 0 Å². The number of nitrogens with zero attached hydrogens (tertiary/aromatic N) is 3. The van der Waals surface area contributed by atoms with Gasteiger partial charge in [0, 0.05) is 6.07 Å². The molecule has 0 aliphatic rings. The number of aromatic nitrogens is 2. The maximum Gasteiger partial charge on any atom is 0.416 e. The van der Waals surface area contributed by atoms with Crippen molar-refractivity contribution in [1.29, 1.82) is 5.26 Å². The smallest absolute Gasteiger partial charge is 0.325 e. The highest BCUT2D eigenvalue weighted by molar-refractivity contribution is 7.32. The van der Waals surface area contributed by atoms with E-state index in [9.17, 15) is 17.7 Å². The molecule has 1 aromatic carbocycles. The Morgan fingerprint density at radius 2 is 1.92 bits per heavy atom. The van der Waals surface area contributed by atoms with Gasteiger partial charge in [-0.25, -0.2) is 10.2 Å². The lowest BCUT2D eigenvalue weighted by Crippen LogP contribution is -2.09. The van der Waals surface area contributed by atoms with Gasteiger partial charge >= 0.3 is 14.4 Å². The summed E-state index contributed by atoms with van der Waals surface area (Å²) in [7, 11) is -3.37. The van der Waals surface area contributed by atoms with E-state index < -0.39 is 30.0 Å². The van der Waals surface area contributed by atoms with Crippen molar-refractivity contribution in [3.63, 3.8) is 0 Å². The topological polar surface area (TPSA) is 100 Å². The molecule has 0 fully saturated rings. The minimum Gasteiger partial charge on any atom is -0.325 e. The van der Waals surface area contributed by atoms with E-state index in [4.69, 9.17) is 33.4 Å². The Kier molecular flexibility index (Phi) is 5.42. The molecule has 13 heteroatoms. The summed E-state index contributed by atoms with van der Waals surface area (Å²) in [5.74, 6) is -0.137. The molecule has 24 heavy (non-hydrogen) atoms. The predicted octanol–water partition coefficient (Wildman–Crippen LogP) is 3.80. The summed E-state index contributed by atoms with van der Waals surface area (Å²) >= 11 is 11.7. The van der Waals surface area contributed by atoms with Crippen molar-refractivity contribution in [1.82, 2.24) is 9.78 Å². The zero-order valence-corrected chi connectivity index (χ0v) is 13.7. The van der Waals surface area contributed by atoms with Crippen molar-refractivity contribution in [2.24, 2.45) is 0 Å². The Morgan fingerprint density at radius 3 is 2.38 bits per heavy atom. The van der Waals surface area contributed by atoms with Crippen LogP contribution in [0.3, 0.4) is 0 Å². The second-order valence-electron chi connectivity index (χ2n) is 4.19. The lowest BCUT2D eigenvalue weighted by Gasteiger charge is -2.14. The van der Waals surface area contributed by atoms with E-state index in [0.717, 1.165) is 10.7 Å². The monoisotopic (exact) mass is 400 g/mol. The Hall–Kier alpha value is -1.76. The molecule has 2 aromatic rings. The van der Waals surface area contributed by atoms with Crippen LogP contribution in [0.1, 0.15) is 11.3 Å². The minimum atomic E-state index is -4.66. The van der Waals surface area contributed by atoms with Crippen LogP contribution < -0.4 is 5.48 Å². The molecule has 2 rings (SSSR count). The maximum absolute atomic E-state index is 12.8. The Balaban J connectivity index is 2.58. The minimum absolute atomic E-state index is 0.137. The third-order valence-electron chi connectivity index (χ3n) is 2.62. The van der Waals surface area contributed by atoms with Crippen molar-refractivity contribution >= 4 is 37.3 Å². The quantitative estimate of drug-likeness (QED) is 0.598. The molecule has 0 radical (unpaired) electrons. The first kappa shape index (κ1) is 18.6. The molecule has 0 spiro atoms. The molecule has 0 aliphatic carbocycles. The number of nitriles is 1. The number of hydrogen-bond acceptors (Lipinski definition) is 5. The summed E-state index contributed by atoms with van der Waals surface area (Å²) in [6, 6.07) is 4.08. The van der Waals surface area contributed by atoms with E-state index in [-0.39, 0.29) is 17.2 Å². The lowest BCUT2D eigenvalue weighted by molar-refractivity contribution is -0.137. The van der Waals surface area contributed by atoms with Gasteiger partial charge < -0.3 is 4.89 Å². The molecular formula is C11H6Cl2F3N4O3P. The van der Waals surface area contributed by atoms with Crippen LogP contribution in [-0.2, 0) is 15.4 Å². The fourth-order valence-electron chi connectivity index (χ4n) is 1.71. The van der Waals surface area contributed by atoms with Crippen LogP contribution >= 0.6 is 31.5 Å². The van der Waals surface area contributed by atoms with Crippen LogP contribution in [0.15, 0.2) is 18.2 Å². The lowest BCUT2D eigenvalue weighted by atomic mass is 10.2. The second kappa shape index (κ2) is 7.01. The predicted molar refractivity (Wildman–Crippen MR) is 79.2 cm³/mol. The highest BCUT2D eigenvalue weighted by atomic mass is 35.5. The van der Waals surface area contributed by atoms with Crippen LogP contribution in [0.4, 0.5) is 19.0 Å². The van der Waals surface area contributed by atoms with E-state index in [1.165, 1.54) is 0 Å². The Morgan fingerprint density at radius 1 is 1.33 bits per heavy atom. The maximum atomic E-state index is 12.8. The molecule has 0 saturated carbocycles.